The number of carbonyl (C=O) groups excluding carboxylic acids is 1. The van der Waals surface area contributed by atoms with Crippen molar-refractivity contribution in [3.05, 3.63) is 58.9 Å². The molecule has 0 aliphatic rings. The topological polar surface area (TPSA) is 17.1 Å². The molecule has 17 heavy (non-hydrogen) atoms. The monoisotopic (exact) mass is 228 g/mol. The van der Waals surface area contributed by atoms with E-state index >= 15 is 0 Å². The Morgan fingerprint density at radius 3 is 2.29 bits per heavy atom. The minimum absolute atomic E-state index is 0.123. The van der Waals surface area contributed by atoms with Crippen molar-refractivity contribution < 1.29 is 9.18 Å². The molecule has 0 bridgehead atoms. The van der Waals surface area contributed by atoms with E-state index in [0.29, 0.717) is 11.8 Å². The molecule has 2 aromatic rings. The average molecular weight is 228 g/mol. The quantitative estimate of drug-likeness (QED) is 0.712. The molecular formula is C15H13FO. The Kier molecular flexibility index (Phi) is 3.05. The fraction of sp³-hybridized carbons (Fsp3) is 0.133. The SMILES string of the molecule is Cc1cc(C)cc(-c2cccc(F)c2C=O)c1. The minimum atomic E-state index is -0.475. The van der Waals surface area contributed by atoms with E-state index in [9.17, 15) is 9.18 Å². The molecule has 86 valence electrons. The lowest BCUT2D eigenvalue weighted by Crippen LogP contribution is -1.93. The maximum Gasteiger partial charge on any atom is 0.153 e. The van der Waals surface area contributed by atoms with Crippen molar-refractivity contribution in [2.45, 2.75) is 13.8 Å². The van der Waals surface area contributed by atoms with E-state index in [1.807, 2.05) is 32.0 Å². The van der Waals surface area contributed by atoms with Crippen LogP contribution in [0.3, 0.4) is 0 Å². The van der Waals surface area contributed by atoms with Crippen LogP contribution in [-0.4, -0.2) is 6.29 Å². The number of carbonyl (C=O) groups is 1. The number of hydrogen-bond donors (Lipinski definition) is 0. The molecule has 2 rings (SSSR count). The van der Waals surface area contributed by atoms with E-state index < -0.39 is 5.82 Å². The lowest BCUT2D eigenvalue weighted by atomic mass is 9.97. The van der Waals surface area contributed by atoms with Crippen molar-refractivity contribution in [1.82, 2.24) is 0 Å². The molecule has 0 aliphatic heterocycles. The van der Waals surface area contributed by atoms with Gasteiger partial charge in [0.25, 0.3) is 0 Å². The van der Waals surface area contributed by atoms with Gasteiger partial charge < -0.3 is 0 Å². The summed E-state index contributed by atoms with van der Waals surface area (Å²) < 4.78 is 13.5. The summed E-state index contributed by atoms with van der Waals surface area (Å²) in [6.45, 7) is 3.97. The zero-order valence-electron chi connectivity index (χ0n) is 9.83. The van der Waals surface area contributed by atoms with Gasteiger partial charge in [-0.25, -0.2) is 4.39 Å². The normalized spacial score (nSPS) is 10.3. The van der Waals surface area contributed by atoms with E-state index in [4.69, 9.17) is 0 Å². The van der Waals surface area contributed by atoms with Crippen LogP contribution in [0.2, 0.25) is 0 Å². The summed E-state index contributed by atoms with van der Waals surface area (Å²) in [7, 11) is 0. The summed E-state index contributed by atoms with van der Waals surface area (Å²) in [4.78, 5) is 11.0. The van der Waals surface area contributed by atoms with Gasteiger partial charge in [0.15, 0.2) is 6.29 Å². The highest BCUT2D eigenvalue weighted by atomic mass is 19.1. The van der Waals surface area contributed by atoms with Gasteiger partial charge in [0.05, 0.1) is 5.56 Å². The zero-order valence-corrected chi connectivity index (χ0v) is 9.83. The van der Waals surface area contributed by atoms with Gasteiger partial charge in [0, 0.05) is 0 Å². The number of hydrogen-bond acceptors (Lipinski definition) is 1. The summed E-state index contributed by atoms with van der Waals surface area (Å²) in [5, 5.41) is 0. The fourth-order valence-electron chi connectivity index (χ4n) is 2.04. The summed E-state index contributed by atoms with van der Waals surface area (Å²) in [5.74, 6) is -0.475. The van der Waals surface area contributed by atoms with Crippen LogP contribution >= 0.6 is 0 Å². The third-order valence-corrected chi connectivity index (χ3v) is 2.70. The molecule has 2 heteroatoms. The van der Waals surface area contributed by atoms with E-state index in [2.05, 4.69) is 0 Å². The Balaban J connectivity index is 2.67. The fourth-order valence-corrected chi connectivity index (χ4v) is 2.04. The molecule has 0 aliphatic carbocycles. The summed E-state index contributed by atoms with van der Waals surface area (Å²) in [6, 6.07) is 10.6. The molecule has 0 heterocycles. The Labute approximate surface area is 99.9 Å². The molecule has 0 amide bonds. The van der Waals surface area contributed by atoms with Gasteiger partial charge in [0.2, 0.25) is 0 Å². The largest absolute Gasteiger partial charge is 0.298 e. The van der Waals surface area contributed by atoms with Crippen LogP contribution in [0.15, 0.2) is 36.4 Å². The van der Waals surface area contributed by atoms with Crippen LogP contribution < -0.4 is 0 Å². The lowest BCUT2D eigenvalue weighted by Gasteiger charge is -2.08. The molecule has 0 fully saturated rings. The number of rotatable bonds is 2. The third kappa shape index (κ3) is 2.26. The predicted octanol–water partition coefficient (Wildman–Crippen LogP) is 3.92. The Bertz CT molecular complexity index is 553. The van der Waals surface area contributed by atoms with Gasteiger partial charge in [0.1, 0.15) is 5.82 Å². The van der Waals surface area contributed by atoms with Crippen molar-refractivity contribution in [3.63, 3.8) is 0 Å². The van der Waals surface area contributed by atoms with Crippen molar-refractivity contribution in [2.75, 3.05) is 0 Å². The number of aldehydes is 1. The van der Waals surface area contributed by atoms with Gasteiger partial charge in [-0.2, -0.15) is 0 Å². The molecular weight excluding hydrogens is 215 g/mol. The Morgan fingerprint density at radius 2 is 1.71 bits per heavy atom. The van der Waals surface area contributed by atoms with Crippen LogP contribution in [0.25, 0.3) is 11.1 Å². The van der Waals surface area contributed by atoms with Crippen molar-refractivity contribution in [1.29, 1.82) is 0 Å². The minimum Gasteiger partial charge on any atom is -0.298 e. The lowest BCUT2D eigenvalue weighted by molar-refractivity contribution is 0.112. The molecule has 0 saturated heterocycles. The molecule has 0 aromatic heterocycles. The van der Waals surface area contributed by atoms with Crippen molar-refractivity contribution in [2.24, 2.45) is 0 Å². The summed E-state index contributed by atoms with van der Waals surface area (Å²) in [5.41, 5.74) is 3.84. The summed E-state index contributed by atoms with van der Waals surface area (Å²) in [6.07, 6.45) is 0.572. The molecule has 0 radical (unpaired) electrons. The second-order valence-electron chi connectivity index (χ2n) is 4.20. The molecule has 0 N–H and O–H groups in total. The standard InChI is InChI=1S/C15H13FO/c1-10-6-11(2)8-12(7-10)13-4-3-5-15(16)14(13)9-17/h3-9H,1-2H3. The average Bonchev–Trinajstić information content (AvgIpc) is 2.27. The van der Waals surface area contributed by atoms with E-state index in [1.165, 1.54) is 6.07 Å². The molecule has 0 unspecified atom stereocenters. The van der Waals surface area contributed by atoms with E-state index in [1.54, 1.807) is 12.1 Å². The Hall–Kier alpha value is -1.96. The van der Waals surface area contributed by atoms with E-state index in [-0.39, 0.29) is 5.56 Å². The van der Waals surface area contributed by atoms with Crippen LogP contribution in [0.5, 0.6) is 0 Å². The second-order valence-corrected chi connectivity index (χ2v) is 4.20. The van der Waals surface area contributed by atoms with E-state index in [0.717, 1.165) is 16.7 Å². The highest BCUT2D eigenvalue weighted by Gasteiger charge is 2.09. The molecule has 0 saturated carbocycles. The maximum atomic E-state index is 13.5. The van der Waals surface area contributed by atoms with Gasteiger partial charge in [-0.05, 0) is 31.0 Å². The van der Waals surface area contributed by atoms with Crippen LogP contribution in [-0.2, 0) is 0 Å². The third-order valence-electron chi connectivity index (χ3n) is 2.70. The molecule has 1 nitrogen and oxygen atoms in total. The maximum absolute atomic E-state index is 13.5. The van der Waals surface area contributed by atoms with Gasteiger partial charge in [-0.15, -0.1) is 0 Å². The second kappa shape index (κ2) is 4.50. The molecule has 0 atom stereocenters. The smallest absolute Gasteiger partial charge is 0.153 e. The number of aryl methyl sites for hydroxylation is 2. The van der Waals surface area contributed by atoms with Crippen molar-refractivity contribution >= 4 is 6.29 Å². The van der Waals surface area contributed by atoms with Gasteiger partial charge in [-0.3, -0.25) is 4.79 Å². The number of benzene rings is 2. The first-order valence-electron chi connectivity index (χ1n) is 5.44. The first-order chi connectivity index (χ1) is 8.11. The highest BCUT2D eigenvalue weighted by Crippen LogP contribution is 2.26. The van der Waals surface area contributed by atoms with Crippen LogP contribution in [0.4, 0.5) is 4.39 Å². The van der Waals surface area contributed by atoms with Gasteiger partial charge in [-0.1, -0.05) is 41.5 Å². The first-order valence-corrected chi connectivity index (χ1v) is 5.44. The van der Waals surface area contributed by atoms with Crippen molar-refractivity contribution in [3.8, 4) is 11.1 Å². The molecule has 2 aromatic carbocycles. The van der Waals surface area contributed by atoms with Crippen LogP contribution in [0, 0.1) is 19.7 Å². The molecule has 0 spiro atoms. The zero-order chi connectivity index (χ0) is 12.4. The summed E-state index contributed by atoms with van der Waals surface area (Å²) >= 11 is 0. The first kappa shape index (κ1) is 11.5. The number of halogens is 1. The Morgan fingerprint density at radius 1 is 1.06 bits per heavy atom. The predicted molar refractivity (Wildman–Crippen MR) is 66.7 cm³/mol. The highest BCUT2D eigenvalue weighted by molar-refractivity contribution is 5.88. The van der Waals surface area contributed by atoms with Crippen LogP contribution in [0.1, 0.15) is 21.5 Å². The van der Waals surface area contributed by atoms with Gasteiger partial charge >= 0.3 is 0 Å².